The van der Waals surface area contributed by atoms with Crippen LogP contribution < -0.4 is 21.1 Å². The van der Waals surface area contributed by atoms with Gasteiger partial charge in [-0.25, -0.2) is 0 Å². The van der Waals surface area contributed by atoms with Crippen LogP contribution in [0.1, 0.15) is 47.2 Å². The number of anilines is 1. The zero-order valence-corrected chi connectivity index (χ0v) is 27.7. The number of amides is 3. The number of nitrogens with one attached hydrogen (secondary N) is 2. The van der Waals surface area contributed by atoms with Crippen LogP contribution >= 0.6 is 11.8 Å². The van der Waals surface area contributed by atoms with Crippen LogP contribution in [-0.4, -0.2) is 63.1 Å². The van der Waals surface area contributed by atoms with Crippen molar-refractivity contribution < 1.29 is 24.2 Å². The fourth-order valence-corrected chi connectivity index (χ4v) is 7.00. The van der Waals surface area contributed by atoms with E-state index in [-0.39, 0.29) is 24.8 Å². The minimum atomic E-state index is -1.60. The number of aryl methyl sites for hydroxylation is 4. The molecule has 0 aliphatic carbocycles. The fraction of sp³-hybridized carbons (Fsp3) is 0.400. The zero-order valence-electron chi connectivity index (χ0n) is 26.8. The third-order valence-electron chi connectivity index (χ3n) is 8.27. The van der Waals surface area contributed by atoms with Gasteiger partial charge >= 0.3 is 0 Å². The molecule has 3 atom stereocenters. The molecule has 1 heterocycles. The van der Waals surface area contributed by atoms with Crippen LogP contribution in [0.3, 0.4) is 0 Å². The van der Waals surface area contributed by atoms with E-state index in [2.05, 4.69) is 10.6 Å². The average molecular weight is 633 g/mol. The number of aliphatic hydroxyl groups excluding tert-OH is 1. The minimum absolute atomic E-state index is 0.202. The summed E-state index contributed by atoms with van der Waals surface area (Å²) in [6.45, 7) is 11.6. The number of hydrogen-bond donors (Lipinski definition) is 4. The topological polar surface area (TPSA) is 134 Å². The van der Waals surface area contributed by atoms with Gasteiger partial charge in [-0.2, -0.15) is 0 Å². The highest BCUT2D eigenvalue weighted by Gasteiger charge is 2.49. The molecule has 3 aromatic rings. The van der Waals surface area contributed by atoms with Crippen LogP contribution in [0, 0.1) is 27.7 Å². The summed E-state index contributed by atoms with van der Waals surface area (Å²) in [6.07, 6.45) is -1.40. The number of hydrogen-bond acceptors (Lipinski definition) is 7. The monoisotopic (exact) mass is 632 g/mol. The van der Waals surface area contributed by atoms with E-state index in [4.69, 9.17) is 10.5 Å². The molecular weight excluding hydrogens is 588 g/mol. The van der Waals surface area contributed by atoms with Crippen LogP contribution in [-0.2, 0) is 27.3 Å². The molecule has 5 N–H and O–H groups in total. The van der Waals surface area contributed by atoms with Gasteiger partial charge in [0.2, 0.25) is 5.91 Å². The number of nitrogens with two attached hydrogens (primary N) is 1. The fourth-order valence-electron chi connectivity index (χ4n) is 5.86. The molecule has 0 spiro atoms. The van der Waals surface area contributed by atoms with Crippen LogP contribution in [0.2, 0.25) is 0 Å². The first-order valence-corrected chi connectivity index (χ1v) is 16.0. The molecule has 0 radical (unpaired) electrons. The van der Waals surface area contributed by atoms with Gasteiger partial charge in [-0.1, -0.05) is 48.5 Å². The quantitative estimate of drug-likeness (QED) is 0.235. The number of aliphatic hydroxyl groups is 1. The van der Waals surface area contributed by atoms with Crippen molar-refractivity contribution in [3.63, 3.8) is 0 Å². The molecule has 1 saturated heterocycles. The first-order valence-electron chi connectivity index (χ1n) is 15.1. The zero-order chi connectivity index (χ0) is 32.9. The average Bonchev–Trinajstić information content (AvgIpc) is 3.30. The maximum Gasteiger partial charge on any atom is 0.258 e. The molecule has 10 heteroatoms. The predicted molar refractivity (Wildman–Crippen MR) is 179 cm³/mol. The van der Waals surface area contributed by atoms with Crippen LogP contribution in [0.4, 0.5) is 5.69 Å². The molecule has 45 heavy (non-hydrogen) atoms. The number of benzene rings is 3. The standard InChI is InChI=1S/C35H44N4O5S/c1-21-11-10-12-22(2)27(21)18-37-33(42)32-35(5,6)45-20-39(32)34(43)30(41)28(17-25-13-8-7-9-14-25)38-29(40)19-44-31-23(3)15-26(36)16-24(31)4/h7-16,28,30,32,41H,17-20,36H2,1-6H3,(H,37,42)(H,38,40)/t28-,30-,32+/m0/s1. The van der Waals surface area contributed by atoms with Gasteiger partial charge in [0.1, 0.15) is 11.8 Å². The Balaban J connectivity index is 1.50. The lowest BCUT2D eigenvalue weighted by molar-refractivity contribution is -0.148. The van der Waals surface area contributed by atoms with E-state index in [0.29, 0.717) is 18.0 Å². The van der Waals surface area contributed by atoms with Crippen molar-refractivity contribution in [3.05, 3.63) is 94.0 Å². The summed E-state index contributed by atoms with van der Waals surface area (Å²) in [5.74, 6) is -0.610. The second kappa shape index (κ2) is 14.4. The molecule has 9 nitrogen and oxygen atoms in total. The summed E-state index contributed by atoms with van der Waals surface area (Å²) < 4.78 is 5.23. The number of rotatable bonds is 11. The van der Waals surface area contributed by atoms with Gasteiger partial charge in [-0.15, -0.1) is 11.8 Å². The van der Waals surface area contributed by atoms with Crippen molar-refractivity contribution >= 4 is 35.2 Å². The van der Waals surface area contributed by atoms with E-state index >= 15 is 0 Å². The predicted octanol–water partition coefficient (Wildman–Crippen LogP) is 3.97. The number of carbonyl (C=O) groups excluding carboxylic acids is 3. The van der Waals surface area contributed by atoms with Crippen molar-refractivity contribution in [1.29, 1.82) is 0 Å². The Bertz CT molecular complexity index is 1500. The Kier molecular flexibility index (Phi) is 10.8. The molecule has 1 fully saturated rings. The summed E-state index contributed by atoms with van der Waals surface area (Å²) >= 11 is 1.47. The molecule has 1 aliphatic rings. The van der Waals surface area contributed by atoms with Crippen LogP contribution in [0.25, 0.3) is 0 Å². The molecule has 1 aliphatic heterocycles. The van der Waals surface area contributed by atoms with Gasteiger partial charge in [0.05, 0.1) is 11.9 Å². The normalized spacial score (nSPS) is 17.0. The lowest BCUT2D eigenvalue weighted by Gasteiger charge is -2.33. The van der Waals surface area contributed by atoms with Crippen LogP contribution in [0.15, 0.2) is 60.7 Å². The van der Waals surface area contributed by atoms with Crippen LogP contribution in [0.5, 0.6) is 5.75 Å². The molecule has 0 aromatic heterocycles. The summed E-state index contributed by atoms with van der Waals surface area (Å²) in [5, 5.41) is 17.3. The van der Waals surface area contributed by atoms with E-state index < -0.39 is 34.7 Å². The summed E-state index contributed by atoms with van der Waals surface area (Å²) in [6, 6.07) is 17.1. The van der Waals surface area contributed by atoms with Gasteiger partial charge in [-0.3, -0.25) is 14.4 Å². The van der Waals surface area contributed by atoms with E-state index in [0.717, 1.165) is 33.4 Å². The van der Waals surface area contributed by atoms with Gasteiger partial charge in [0.25, 0.3) is 11.8 Å². The Hall–Kier alpha value is -4.02. The number of nitrogens with zero attached hydrogens (tertiary/aromatic N) is 1. The van der Waals surface area contributed by atoms with Crippen molar-refractivity contribution in [2.24, 2.45) is 0 Å². The molecular formula is C35H44N4O5S. The van der Waals surface area contributed by atoms with Gasteiger partial charge in [0, 0.05) is 17.0 Å². The Labute approximate surface area is 269 Å². The van der Waals surface area contributed by atoms with Crippen molar-refractivity contribution in [2.45, 2.75) is 77.4 Å². The minimum Gasteiger partial charge on any atom is -0.483 e. The second-order valence-electron chi connectivity index (χ2n) is 12.3. The molecule has 0 unspecified atom stereocenters. The number of thioether (sulfide) groups is 1. The van der Waals surface area contributed by atoms with Gasteiger partial charge in [-0.05, 0) is 93.5 Å². The Morgan fingerprint density at radius 1 is 1.00 bits per heavy atom. The lowest BCUT2D eigenvalue weighted by atomic mass is 9.97. The second-order valence-corrected chi connectivity index (χ2v) is 13.9. The van der Waals surface area contributed by atoms with E-state index in [9.17, 15) is 19.5 Å². The smallest absolute Gasteiger partial charge is 0.258 e. The molecule has 3 aromatic carbocycles. The maximum absolute atomic E-state index is 13.9. The molecule has 0 saturated carbocycles. The first-order chi connectivity index (χ1) is 21.3. The maximum atomic E-state index is 13.9. The highest BCUT2D eigenvalue weighted by Crippen LogP contribution is 2.40. The Morgan fingerprint density at radius 2 is 1.62 bits per heavy atom. The molecule has 4 rings (SSSR count). The third-order valence-corrected chi connectivity index (χ3v) is 9.64. The van der Waals surface area contributed by atoms with Gasteiger partial charge < -0.3 is 31.1 Å². The largest absolute Gasteiger partial charge is 0.483 e. The van der Waals surface area contributed by atoms with E-state index in [1.54, 1.807) is 12.1 Å². The number of carbonyl (C=O) groups is 3. The number of nitrogen functional groups attached to an aromatic ring is 1. The van der Waals surface area contributed by atoms with Crippen molar-refractivity contribution in [2.75, 3.05) is 18.2 Å². The van der Waals surface area contributed by atoms with Crippen molar-refractivity contribution in [3.8, 4) is 5.75 Å². The highest BCUT2D eigenvalue weighted by atomic mass is 32.2. The highest BCUT2D eigenvalue weighted by molar-refractivity contribution is 8.00. The Morgan fingerprint density at radius 3 is 2.24 bits per heavy atom. The van der Waals surface area contributed by atoms with Crippen molar-refractivity contribution in [1.82, 2.24) is 15.5 Å². The van der Waals surface area contributed by atoms with E-state index in [1.807, 2.05) is 90.1 Å². The van der Waals surface area contributed by atoms with E-state index in [1.165, 1.54) is 16.7 Å². The SMILES string of the molecule is Cc1cccc(C)c1CNC(=O)[C@H]1N(C(=O)[C@@H](O)[C@H](Cc2ccccc2)NC(=O)COc2c(C)cc(N)cc2C)CSC1(C)C. The first kappa shape index (κ1) is 33.9. The summed E-state index contributed by atoms with van der Waals surface area (Å²) in [4.78, 5) is 42.1. The van der Waals surface area contributed by atoms with Gasteiger partial charge in [0.15, 0.2) is 12.7 Å². The summed E-state index contributed by atoms with van der Waals surface area (Å²) in [5.41, 5.74) is 12.1. The number of ether oxygens (including phenoxy) is 1. The summed E-state index contributed by atoms with van der Waals surface area (Å²) in [7, 11) is 0. The molecule has 240 valence electrons. The molecule has 0 bridgehead atoms. The lowest BCUT2D eigenvalue weighted by Crippen LogP contribution is -2.59. The molecule has 3 amide bonds. The third kappa shape index (κ3) is 8.18.